The zero-order valence-electron chi connectivity index (χ0n) is 15.5. The summed E-state index contributed by atoms with van der Waals surface area (Å²) in [6.07, 6.45) is 1.46. The number of para-hydroxylation sites is 1. The number of nitriles is 1. The van der Waals surface area contributed by atoms with Gasteiger partial charge in [0.2, 0.25) is 0 Å². The number of nitrogens with one attached hydrogen (secondary N) is 1. The number of carboxylic acid groups (broad SMARTS) is 2. The standard InChI is InChI=1S/C19H19N3O7/c1-28-11-7-5-6-10(15(11)29-9-4-2-3-8-20)12-13(18(24)25)16(21)22-17(23)14(12)19(26)27/h5-7H,2-4,9H2,1H3,(H,24,25)(H,26,27)(H3,21,22,23). The molecule has 0 unspecified atom stereocenters. The number of ether oxygens (including phenoxy) is 2. The lowest BCUT2D eigenvalue weighted by Gasteiger charge is -2.18. The summed E-state index contributed by atoms with van der Waals surface area (Å²) in [5.74, 6) is -3.33. The van der Waals surface area contributed by atoms with Gasteiger partial charge in [0.05, 0.1) is 19.8 Å². The van der Waals surface area contributed by atoms with Crippen LogP contribution in [0.5, 0.6) is 11.5 Å². The van der Waals surface area contributed by atoms with E-state index >= 15 is 0 Å². The molecule has 0 amide bonds. The van der Waals surface area contributed by atoms with Crippen molar-refractivity contribution in [1.82, 2.24) is 4.98 Å². The molecule has 10 heteroatoms. The zero-order chi connectivity index (χ0) is 21.6. The highest BCUT2D eigenvalue weighted by atomic mass is 16.5. The van der Waals surface area contributed by atoms with Crippen molar-refractivity contribution in [3.63, 3.8) is 0 Å². The number of anilines is 1. The molecule has 0 aliphatic rings. The van der Waals surface area contributed by atoms with Gasteiger partial charge in [-0.25, -0.2) is 9.59 Å². The molecule has 0 radical (unpaired) electrons. The molecule has 0 atom stereocenters. The number of pyridine rings is 1. The molecule has 2 rings (SSSR count). The number of nitrogen functional groups attached to an aromatic ring is 1. The number of carboxylic acids is 2. The Labute approximate surface area is 165 Å². The van der Waals surface area contributed by atoms with E-state index in [9.17, 15) is 24.6 Å². The number of carbonyl (C=O) groups is 2. The largest absolute Gasteiger partial charge is 0.493 e. The molecule has 0 saturated carbocycles. The number of aromatic amines is 1. The van der Waals surface area contributed by atoms with E-state index in [-0.39, 0.29) is 29.2 Å². The van der Waals surface area contributed by atoms with Gasteiger partial charge in [-0.05, 0) is 18.9 Å². The van der Waals surface area contributed by atoms with Crippen LogP contribution >= 0.6 is 0 Å². The SMILES string of the molecule is COc1cccc(-c2c(C(=O)O)c(N)[nH]c(=O)c2C(=O)O)c1OCCCCC#N. The van der Waals surface area contributed by atoms with Crippen molar-refractivity contribution in [2.24, 2.45) is 0 Å². The van der Waals surface area contributed by atoms with Crippen LogP contribution in [0.3, 0.4) is 0 Å². The Hall–Kier alpha value is -4.00. The Balaban J connectivity index is 2.74. The molecule has 0 aliphatic heterocycles. The van der Waals surface area contributed by atoms with Gasteiger partial charge >= 0.3 is 11.9 Å². The van der Waals surface area contributed by atoms with E-state index in [1.807, 2.05) is 6.07 Å². The van der Waals surface area contributed by atoms with Gasteiger partial charge in [-0.1, -0.05) is 12.1 Å². The highest BCUT2D eigenvalue weighted by molar-refractivity contribution is 6.08. The van der Waals surface area contributed by atoms with Crippen molar-refractivity contribution in [2.75, 3.05) is 19.5 Å². The van der Waals surface area contributed by atoms with Crippen molar-refractivity contribution in [3.05, 3.63) is 39.7 Å². The van der Waals surface area contributed by atoms with Crippen LogP contribution in [0.15, 0.2) is 23.0 Å². The number of aromatic nitrogens is 1. The topological polar surface area (TPSA) is 176 Å². The summed E-state index contributed by atoms with van der Waals surface area (Å²) in [6.45, 7) is 0.165. The number of H-pyrrole nitrogens is 1. The lowest BCUT2D eigenvalue weighted by molar-refractivity contribution is 0.0695. The van der Waals surface area contributed by atoms with E-state index < -0.39 is 34.4 Å². The molecule has 10 nitrogen and oxygen atoms in total. The van der Waals surface area contributed by atoms with Gasteiger partial charge in [-0.15, -0.1) is 0 Å². The fourth-order valence-corrected chi connectivity index (χ4v) is 2.82. The van der Waals surface area contributed by atoms with Crippen LogP contribution in [0.25, 0.3) is 11.1 Å². The maximum absolute atomic E-state index is 12.2. The van der Waals surface area contributed by atoms with Crippen molar-refractivity contribution in [1.29, 1.82) is 5.26 Å². The minimum atomic E-state index is -1.62. The van der Waals surface area contributed by atoms with Gasteiger partial charge in [0.1, 0.15) is 16.9 Å². The molecule has 0 saturated heterocycles. The number of hydrogen-bond donors (Lipinski definition) is 4. The number of methoxy groups -OCH3 is 1. The summed E-state index contributed by atoms with van der Waals surface area (Å²) in [6, 6.07) is 6.48. The summed E-state index contributed by atoms with van der Waals surface area (Å²) < 4.78 is 11.0. The van der Waals surface area contributed by atoms with Crippen molar-refractivity contribution < 1.29 is 29.3 Å². The maximum atomic E-state index is 12.2. The number of nitrogens with two attached hydrogens (primary N) is 1. The molecule has 5 N–H and O–H groups in total. The number of hydrogen-bond acceptors (Lipinski definition) is 7. The fraction of sp³-hybridized carbons (Fsp3) is 0.263. The first-order valence-electron chi connectivity index (χ1n) is 8.52. The molecule has 0 fully saturated rings. The molecular formula is C19H19N3O7. The second-order valence-corrected chi connectivity index (χ2v) is 5.90. The summed E-state index contributed by atoms with van der Waals surface area (Å²) in [5, 5.41) is 27.7. The molecule has 0 spiro atoms. The first-order valence-corrected chi connectivity index (χ1v) is 8.52. The third kappa shape index (κ3) is 4.47. The summed E-state index contributed by atoms with van der Waals surface area (Å²) in [4.78, 5) is 37.8. The number of unbranched alkanes of at least 4 members (excludes halogenated alkanes) is 2. The predicted octanol–water partition coefficient (Wildman–Crippen LogP) is 2.10. The molecule has 29 heavy (non-hydrogen) atoms. The highest BCUT2D eigenvalue weighted by Gasteiger charge is 2.29. The smallest absolute Gasteiger partial charge is 0.342 e. The zero-order valence-corrected chi connectivity index (χ0v) is 15.5. The van der Waals surface area contributed by atoms with Gasteiger partial charge in [-0.3, -0.25) is 4.79 Å². The fourth-order valence-electron chi connectivity index (χ4n) is 2.82. The van der Waals surface area contributed by atoms with E-state index in [0.29, 0.717) is 19.3 Å². The lowest BCUT2D eigenvalue weighted by Crippen LogP contribution is -2.24. The average Bonchev–Trinajstić information content (AvgIpc) is 2.66. The van der Waals surface area contributed by atoms with Gasteiger partial charge in [0.25, 0.3) is 5.56 Å². The van der Waals surface area contributed by atoms with Crippen LogP contribution in [-0.4, -0.2) is 40.9 Å². The molecule has 1 aromatic heterocycles. The molecule has 0 aliphatic carbocycles. The summed E-state index contributed by atoms with van der Waals surface area (Å²) in [7, 11) is 1.37. The lowest BCUT2D eigenvalue weighted by atomic mass is 9.94. The van der Waals surface area contributed by atoms with Crippen LogP contribution in [0.2, 0.25) is 0 Å². The third-order valence-corrected chi connectivity index (χ3v) is 4.07. The van der Waals surface area contributed by atoms with Gasteiger partial charge in [-0.2, -0.15) is 5.26 Å². The van der Waals surface area contributed by atoms with Crippen molar-refractivity contribution in [2.45, 2.75) is 19.3 Å². The molecular weight excluding hydrogens is 382 g/mol. The molecule has 1 aromatic carbocycles. The summed E-state index contributed by atoms with van der Waals surface area (Å²) in [5.41, 5.74) is 2.95. The van der Waals surface area contributed by atoms with E-state index in [1.54, 1.807) is 6.07 Å². The van der Waals surface area contributed by atoms with Crippen molar-refractivity contribution in [3.8, 4) is 28.7 Å². The monoisotopic (exact) mass is 401 g/mol. The van der Waals surface area contributed by atoms with Gasteiger partial charge in [0.15, 0.2) is 11.5 Å². The van der Waals surface area contributed by atoms with Crippen LogP contribution in [0, 0.1) is 11.3 Å². The predicted molar refractivity (Wildman–Crippen MR) is 102 cm³/mol. The van der Waals surface area contributed by atoms with Crippen LogP contribution < -0.4 is 20.8 Å². The molecule has 1 heterocycles. The number of nitrogens with zero attached hydrogens (tertiary/aromatic N) is 1. The van der Waals surface area contributed by atoms with Gasteiger partial charge < -0.3 is 30.4 Å². The van der Waals surface area contributed by atoms with Crippen LogP contribution in [0.1, 0.15) is 40.0 Å². The Kier molecular flexibility index (Phi) is 6.81. The molecule has 0 bridgehead atoms. The Morgan fingerprint density at radius 1 is 1.21 bits per heavy atom. The number of aromatic carboxylic acids is 2. The van der Waals surface area contributed by atoms with Crippen molar-refractivity contribution >= 4 is 17.8 Å². The molecule has 2 aromatic rings. The van der Waals surface area contributed by atoms with Crippen LogP contribution in [-0.2, 0) is 0 Å². The highest BCUT2D eigenvalue weighted by Crippen LogP contribution is 2.41. The van der Waals surface area contributed by atoms with Gasteiger partial charge in [0, 0.05) is 17.5 Å². The average molecular weight is 401 g/mol. The maximum Gasteiger partial charge on any atom is 0.342 e. The number of benzene rings is 1. The quantitative estimate of drug-likeness (QED) is 0.458. The van der Waals surface area contributed by atoms with E-state index in [2.05, 4.69) is 4.98 Å². The first-order chi connectivity index (χ1) is 13.8. The second kappa shape index (κ2) is 9.27. The first kappa shape index (κ1) is 21.3. The van der Waals surface area contributed by atoms with E-state index in [1.165, 1.54) is 19.2 Å². The van der Waals surface area contributed by atoms with E-state index in [0.717, 1.165) is 0 Å². The van der Waals surface area contributed by atoms with Crippen LogP contribution in [0.4, 0.5) is 5.82 Å². The second-order valence-electron chi connectivity index (χ2n) is 5.90. The minimum absolute atomic E-state index is 0.0391. The normalized spacial score (nSPS) is 10.2. The minimum Gasteiger partial charge on any atom is -0.493 e. The number of rotatable bonds is 9. The third-order valence-electron chi connectivity index (χ3n) is 4.07. The van der Waals surface area contributed by atoms with E-state index in [4.69, 9.17) is 20.5 Å². The Morgan fingerprint density at radius 2 is 1.90 bits per heavy atom. The Bertz CT molecular complexity index is 1040. The molecule has 152 valence electrons. The summed E-state index contributed by atoms with van der Waals surface area (Å²) >= 11 is 0. The Morgan fingerprint density at radius 3 is 2.48 bits per heavy atom.